The van der Waals surface area contributed by atoms with Crippen LogP contribution in [0.3, 0.4) is 0 Å². The van der Waals surface area contributed by atoms with Gasteiger partial charge < -0.3 is 10.6 Å². The number of amides is 3. The van der Waals surface area contributed by atoms with Crippen molar-refractivity contribution in [1.29, 1.82) is 0 Å². The van der Waals surface area contributed by atoms with Crippen molar-refractivity contribution in [3.63, 3.8) is 0 Å². The molecule has 0 aromatic heterocycles. The lowest BCUT2D eigenvalue weighted by Crippen LogP contribution is -2.46. The molecule has 90 valence electrons. The number of urea groups is 1. The van der Waals surface area contributed by atoms with Crippen LogP contribution in [-0.4, -0.2) is 35.5 Å². The fourth-order valence-electron chi connectivity index (χ4n) is 1.29. The molecule has 1 saturated heterocycles. The number of carbonyl (C=O) groups excluding carboxylic acids is 2. The van der Waals surface area contributed by atoms with Gasteiger partial charge in [0.25, 0.3) is 5.91 Å². The average Bonchev–Trinajstić information content (AvgIpc) is 2.39. The van der Waals surface area contributed by atoms with E-state index in [1.54, 1.807) is 18.7 Å². The largest absolute Gasteiger partial charge is 0.388 e. The molecule has 0 unspecified atom stereocenters. The summed E-state index contributed by atoms with van der Waals surface area (Å²) in [6.45, 7) is 8.16. The van der Waals surface area contributed by atoms with Crippen molar-refractivity contribution in [1.82, 2.24) is 16.0 Å². The van der Waals surface area contributed by atoms with Gasteiger partial charge in [-0.05, 0) is 13.8 Å². The second kappa shape index (κ2) is 5.25. The second-order valence-electron chi connectivity index (χ2n) is 4.00. The molecule has 5 nitrogen and oxygen atoms in total. The highest BCUT2D eigenvalue weighted by Gasteiger charge is 2.41. The molecule has 0 saturated carbocycles. The van der Waals surface area contributed by atoms with Gasteiger partial charge in [-0.15, -0.1) is 0 Å². The summed E-state index contributed by atoms with van der Waals surface area (Å²) in [5.41, 5.74) is 0.157. The third-order valence-corrected chi connectivity index (χ3v) is 3.46. The van der Waals surface area contributed by atoms with E-state index in [0.29, 0.717) is 5.75 Å². The summed E-state index contributed by atoms with van der Waals surface area (Å²) < 4.78 is 0. The molecule has 6 heteroatoms. The van der Waals surface area contributed by atoms with Crippen LogP contribution in [0.2, 0.25) is 0 Å². The maximum absolute atomic E-state index is 11.4. The van der Waals surface area contributed by atoms with Crippen LogP contribution >= 0.6 is 11.8 Å². The van der Waals surface area contributed by atoms with Gasteiger partial charge in [-0.2, -0.15) is 11.8 Å². The number of nitrogens with one attached hydrogen (secondary N) is 3. The molecule has 1 aliphatic rings. The van der Waals surface area contributed by atoms with Crippen LogP contribution in [0.4, 0.5) is 4.79 Å². The van der Waals surface area contributed by atoms with Crippen molar-refractivity contribution in [2.75, 3.05) is 18.1 Å². The van der Waals surface area contributed by atoms with Crippen LogP contribution in [0.25, 0.3) is 0 Å². The van der Waals surface area contributed by atoms with E-state index in [4.69, 9.17) is 0 Å². The lowest BCUT2D eigenvalue weighted by atomic mass is 10.1. The zero-order valence-corrected chi connectivity index (χ0v) is 10.4. The van der Waals surface area contributed by atoms with Gasteiger partial charge in [-0.3, -0.25) is 10.1 Å². The molecule has 3 amide bonds. The Hall–Kier alpha value is -1.17. The fraction of sp³-hybridized carbons (Fsp3) is 0.600. The van der Waals surface area contributed by atoms with Crippen LogP contribution in [0, 0.1) is 0 Å². The number of thioether (sulfide) groups is 1. The molecule has 1 aliphatic heterocycles. The highest BCUT2D eigenvalue weighted by Crippen LogP contribution is 2.16. The first-order valence-electron chi connectivity index (χ1n) is 5.05. The topological polar surface area (TPSA) is 70.2 Å². The molecular weight excluding hydrogens is 226 g/mol. The van der Waals surface area contributed by atoms with E-state index >= 15 is 0 Å². The Kier molecular flexibility index (Phi) is 4.23. The lowest BCUT2D eigenvalue weighted by molar-refractivity contribution is -0.122. The van der Waals surface area contributed by atoms with E-state index in [9.17, 15) is 9.59 Å². The first kappa shape index (κ1) is 12.9. The molecule has 3 N–H and O–H groups in total. The second-order valence-corrected chi connectivity index (χ2v) is 5.11. The number of imide groups is 1. The SMILES string of the molecule is C=C(C)NCCSC[C@@]1(C)NC(=O)NC1=O. The first-order valence-corrected chi connectivity index (χ1v) is 6.20. The molecular formula is C10H17N3O2S. The van der Waals surface area contributed by atoms with E-state index in [-0.39, 0.29) is 5.91 Å². The lowest BCUT2D eigenvalue weighted by Gasteiger charge is -2.19. The quantitative estimate of drug-likeness (QED) is 0.468. The van der Waals surface area contributed by atoms with E-state index in [0.717, 1.165) is 18.0 Å². The minimum atomic E-state index is -0.773. The fourth-order valence-corrected chi connectivity index (χ4v) is 2.30. The van der Waals surface area contributed by atoms with Crippen LogP contribution in [0.5, 0.6) is 0 Å². The summed E-state index contributed by atoms with van der Waals surface area (Å²) in [6, 6.07) is -0.409. The molecule has 0 spiro atoms. The van der Waals surface area contributed by atoms with Crippen molar-refractivity contribution < 1.29 is 9.59 Å². The van der Waals surface area contributed by atoms with Crippen LogP contribution in [0.15, 0.2) is 12.3 Å². The minimum Gasteiger partial charge on any atom is -0.388 e. The van der Waals surface area contributed by atoms with Gasteiger partial charge in [0.05, 0.1) is 0 Å². The van der Waals surface area contributed by atoms with Gasteiger partial charge in [0.1, 0.15) is 5.54 Å². The molecule has 1 heterocycles. The van der Waals surface area contributed by atoms with Gasteiger partial charge in [-0.1, -0.05) is 6.58 Å². The predicted octanol–water partition coefficient (Wildman–Crippen LogP) is 0.441. The van der Waals surface area contributed by atoms with Gasteiger partial charge >= 0.3 is 6.03 Å². The summed E-state index contributed by atoms with van der Waals surface area (Å²) in [5, 5.41) is 7.96. The van der Waals surface area contributed by atoms with E-state index in [1.165, 1.54) is 0 Å². The van der Waals surface area contributed by atoms with Gasteiger partial charge in [0.2, 0.25) is 0 Å². The molecule has 1 fully saturated rings. The summed E-state index contributed by atoms with van der Waals surface area (Å²) in [6.07, 6.45) is 0. The number of allylic oxidation sites excluding steroid dienone is 1. The molecule has 0 aliphatic carbocycles. The Balaban J connectivity index is 2.24. The summed E-state index contributed by atoms with van der Waals surface area (Å²) in [7, 11) is 0. The average molecular weight is 243 g/mol. The third-order valence-electron chi connectivity index (χ3n) is 2.18. The van der Waals surface area contributed by atoms with Crippen LogP contribution in [-0.2, 0) is 4.79 Å². The first-order chi connectivity index (χ1) is 7.44. The number of hydrogen-bond donors (Lipinski definition) is 3. The Bertz CT molecular complexity index is 319. The van der Waals surface area contributed by atoms with Crippen LogP contribution in [0.1, 0.15) is 13.8 Å². The van der Waals surface area contributed by atoms with Crippen molar-refractivity contribution in [2.45, 2.75) is 19.4 Å². The Labute approximate surface area is 99.4 Å². The Morgan fingerprint density at radius 3 is 2.75 bits per heavy atom. The zero-order valence-electron chi connectivity index (χ0n) is 9.55. The van der Waals surface area contributed by atoms with Crippen molar-refractivity contribution in [2.24, 2.45) is 0 Å². The molecule has 0 radical (unpaired) electrons. The van der Waals surface area contributed by atoms with Gasteiger partial charge in [-0.25, -0.2) is 4.79 Å². The Morgan fingerprint density at radius 1 is 1.56 bits per heavy atom. The summed E-state index contributed by atoms with van der Waals surface area (Å²) in [4.78, 5) is 22.4. The van der Waals surface area contributed by atoms with Crippen molar-refractivity contribution >= 4 is 23.7 Å². The molecule has 1 rings (SSSR count). The van der Waals surface area contributed by atoms with E-state index < -0.39 is 11.6 Å². The number of carbonyl (C=O) groups is 2. The number of rotatable bonds is 6. The van der Waals surface area contributed by atoms with E-state index in [1.807, 2.05) is 6.92 Å². The Morgan fingerprint density at radius 2 is 2.25 bits per heavy atom. The highest BCUT2D eigenvalue weighted by atomic mass is 32.2. The molecule has 0 aromatic rings. The third kappa shape index (κ3) is 3.44. The predicted molar refractivity (Wildman–Crippen MR) is 65.2 cm³/mol. The van der Waals surface area contributed by atoms with Crippen LogP contribution < -0.4 is 16.0 Å². The van der Waals surface area contributed by atoms with Gasteiger partial charge in [0.15, 0.2) is 0 Å². The summed E-state index contributed by atoms with van der Waals surface area (Å²) >= 11 is 1.62. The molecule has 16 heavy (non-hydrogen) atoms. The monoisotopic (exact) mass is 243 g/mol. The molecule has 0 bridgehead atoms. The smallest absolute Gasteiger partial charge is 0.322 e. The minimum absolute atomic E-state index is 0.252. The normalized spacial score (nSPS) is 23.9. The zero-order chi connectivity index (χ0) is 12.2. The maximum atomic E-state index is 11.4. The highest BCUT2D eigenvalue weighted by molar-refractivity contribution is 7.99. The van der Waals surface area contributed by atoms with Gasteiger partial charge in [0, 0.05) is 23.7 Å². The molecule has 1 atom stereocenters. The van der Waals surface area contributed by atoms with E-state index in [2.05, 4.69) is 22.5 Å². The van der Waals surface area contributed by atoms with Crippen molar-refractivity contribution in [3.05, 3.63) is 12.3 Å². The maximum Gasteiger partial charge on any atom is 0.322 e. The number of hydrogen-bond acceptors (Lipinski definition) is 4. The summed E-state index contributed by atoms with van der Waals surface area (Å²) in [5.74, 6) is 1.19. The standard InChI is InChI=1S/C10H17N3O2S/c1-7(2)11-4-5-16-6-10(3)8(14)12-9(15)13-10/h11H,1,4-6H2,2-3H3,(H2,12,13,14,15)/t10-/m1/s1. The van der Waals surface area contributed by atoms with Crippen molar-refractivity contribution in [3.8, 4) is 0 Å². The molecule has 0 aromatic carbocycles.